The summed E-state index contributed by atoms with van der Waals surface area (Å²) >= 11 is 6.11. The van der Waals surface area contributed by atoms with Crippen LogP contribution in [0.4, 0.5) is 0 Å². The molecule has 0 saturated heterocycles. The highest BCUT2D eigenvalue weighted by Crippen LogP contribution is 2.27. The van der Waals surface area contributed by atoms with Crippen molar-refractivity contribution in [1.29, 1.82) is 0 Å². The van der Waals surface area contributed by atoms with Gasteiger partial charge in [0, 0.05) is 46.5 Å². The number of pyridine rings is 1. The lowest BCUT2D eigenvalue weighted by molar-refractivity contribution is 0.678. The molecule has 2 rings (SSSR count). The van der Waals surface area contributed by atoms with E-state index in [0.29, 0.717) is 0 Å². The van der Waals surface area contributed by atoms with Gasteiger partial charge in [0.25, 0.3) is 0 Å². The molecular formula is C19H21ClN2. The van der Waals surface area contributed by atoms with Crippen LogP contribution in [0.15, 0.2) is 72.2 Å². The van der Waals surface area contributed by atoms with Crippen LogP contribution in [0.2, 0.25) is 0 Å². The molecule has 2 nitrogen and oxygen atoms in total. The quantitative estimate of drug-likeness (QED) is 0.722. The van der Waals surface area contributed by atoms with Gasteiger partial charge in [-0.05, 0) is 43.7 Å². The first-order valence-corrected chi connectivity index (χ1v) is 7.83. The standard InChI is InChI=1S/C19H21ClN2/c1-4-14-22(17-9-6-8-16(20)11-12-17)15(3)18-10-7-13-21-19(18)5-2/h4,6-7,9-14H,3,5,8H2,1-2H3/b14-4-. The predicted molar refractivity (Wildman–Crippen MR) is 95.1 cm³/mol. The molecule has 0 fully saturated rings. The molecule has 0 bridgehead atoms. The Balaban J connectivity index is 2.42. The fraction of sp³-hybridized carbons (Fsp3) is 0.211. The van der Waals surface area contributed by atoms with E-state index in [2.05, 4.69) is 41.6 Å². The topological polar surface area (TPSA) is 16.1 Å². The van der Waals surface area contributed by atoms with E-state index >= 15 is 0 Å². The van der Waals surface area contributed by atoms with Crippen molar-refractivity contribution in [3.8, 4) is 0 Å². The van der Waals surface area contributed by atoms with Crippen LogP contribution in [-0.4, -0.2) is 9.88 Å². The van der Waals surface area contributed by atoms with E-state index in [9.17, 15) is 0 Å². The molecule has 0 atom stereocenters. The third kappa shape index (κ3) is 3.77. The van der Waals surface area contributed by atoms with Crippen molar-refractivity contribution < 1.29 is 0 Å². The number of aryl methyl sites for hydroxylation is 1. The van der Waals surface area contributed by atoms with Crippen LogP contribution in [0.25, 0.3) is 5.70 Å². The Morgan fingerprint density at radius 2 is 2.27 bits per heavy atom. The summed E-state index contributed by atoms with van der Waals surface area (Å²) in [6, 6.07) is 4.01. The second-order valence-electron chi connectivity index (χ2n) is 4.96. The number of nitrogens with zero attached hydrogens (tertiary/aromatic N) is 2. The minimum Gasteiger partial charge on any atom is -0.317 e. The number of halogens is 1. The van der Waals surface area contributed by atoms with Gasteiger partial charge >= 0.3 is 0 Å². The van der Waals surface area contributed by atoms with Gasteiger partial charge in [0.15, 0.2) is 0 Å². The Morgan fingerprint density at radius 1 is 1.45 bits per heavy atom. The maximum absolute atomic E-state index is 6.11. The van der Waals surface area contributed by atoms with E-state index in [1.807, 2.05) is 43.6 Å². The van der Waals surface area contributed by atoms with Crippen LogP contribution >= 0.6 is 11.6 Å². The summed E-state index contributed by atoms with van der Waals surface area (Å²) in [4.78, 5) is 6.52. The van der Waals surface area contributed by atoms with E-state index < -0.39 is 0 Å². The highest BCUT2D eigenvalue weighted by Gasteiger charge is 2.14. The average molecular weight is 313 g/mol. The van der Waals surface area contributed by atoms with Gasteiger partial charge in [-0.15, -0.1) is 0 Å². The summed E-state index contributed by atoms with van der Waals surface area (Å²) in [5, 5.41) is 0.827. The zero-order valence-electron chi connectivity index (χ0n) is 13.1. The van der Waals surface area contributed by atoms with Gasteiger partial charge in [-0.25, -0.2) is 0 Å². The largest absolute Gasteiger partial charge is 0.317 e. The number of hydrogen-bond donors (Lipinski definition) is 0. The Labute approximate surface area is 137 Å². The number of rotatable bonds is 5. The molecule has 0 radical (unpaired) electrons. The maximum atomic E-state index is 6.11. The Morgan fingerprint density at radius 3 is 3.00 bits per heavy atom. The van der Waals surface area contributed by atoms with Gasteiger partial charge in [-0.1, -0.05) is 37.3 Å². The second kappa shape index (κ2) is 7.81. The molecule has 0 amide bonds. The molecule has 22 heavy (non-hydrogen) atoms. The van der Waals surface area contributed by atoms with Gasteiger partial charge in [-0.2, -0.15) is 0 Å². The van der Waals surface area contributed by atoms with Gasteiger partial charge in [0.1, 0.15) is 0 Å². The number of allylic oxidation sites excluding steroid dienone is 6. The van der Waals surface area contributed by atoms with Crippen molar-refractivity contribution in [2.45, 2.75) is 26.7 Å². The van der Waals surface area contributed by atoms with Crippen molar-refractivity contribution in [3.05, 3.63) is 83.5 Å². The molecule has 0 aromatic carbocycles. The molecule has 1 aromatic heterocycles. The van der Waals surface area contributed by atoms with E-state index in [-0.39, 0.29) is 0 Å². The fourth-order valence-corrected chi connectivity index (χ4v) is 2.50. The molecule has 0 unspecified atom stereocenters. The van der Waals surface area contributed by atoms with Crippen molar-refractivity contribution >= 4 is 17.3 Å². The Kier molecular flexibility index (Phi) is 5.79. The third-order valence-electron chi connectivity index (χ3n) is 3.44. The van der Waals surface area contributed by atoms with Crippen LogP contribution in [0, 0.1) is 0 Å². The smallest absolute Gasteiger partial charge is 0.0493 e. The third-order valence-corrected chi connectivity index (χ3v) is 3.72. The first kappa shape index (κ1) is 16.3. The summed E-state index contributed by atoms with van der Waals surface area (Å²) < 4.78 is 0. The molecule has 1 heterocycles. The van der Waals surface area contributed by atoms with Crippen LogP contribution in [0.5, 0.6) is 0 Å². The highest BCUT2D eigenvalue weighted by molar-refractivity contribution is 6.29. The molecule has 0 saturated carbocycles. The fourth-order valence-electron chi connectivity index (χ4n) is 2.35. The maximum Gasteiger partial charge on any atom is 0.0493 e. The lowest BCUT2D eigenvalue weighted by atomic mass is 10.1. The number of aromatic nitrogens is 1. The van der Waals surface area contributed by atoms with Gasteiger partial charge in [-0.3, -0.25) is 4.98 Å². The first-order valence-electron chi connectivity index (χ1n) is 7.45. The molecule has 1 aliphatic rings. The van der Waals surface area contributed by atoms with E-state index in [0.717, 1.165) is 40.5 Å². The van der Waals surface area contributed by atoms with Crippen LogP contribution in [-0.2, 0) is 6.42 Å². The van der Waals surface area contributed by atoms with Crippen LogP contribution in [0.3, 0.4) is 0 Å². The highest BCUT2D eigenvalue weighted by atomic mass is 35.5. The summed E-state index contributed by atoms with van der Waals surface area (Å²) in [6.07, 6.45) is 15.5. The van der Waals surface area contributed by atoms with Crippen LogP contribution in [0.1, 0.15) is 31.5 Å². The zero-order chi connectivity index (χ0) is 15.9. The van der Waals surface area contributed by atoms with Gasteiger partial charge in [0.2, 0.25) is 0 Å². The van der Waals surface area contributed by atoms with Crippen LogP contribution < -0.4 is 0 Å². The molecule has 114 valence electrons. The Bertz CT molecular complexity index is 666. The molecule has 1 aliphatic carbocycles. The molecule has 0 aliphatic heterocycles. The minimum absolute atomic E-state index is 0.755. The predicted octanol–water partition coefficient (Wildman–Crippen LogP) is 5.42. The minimum atomic E-state index is 0.755. The lowest BCUT2D eigenvalue weighted by Gasteiger charge is -2.25. The lowest BCUT2D eigenvalue weighted by Crippen LogP contribution is -2.14. The summed E-state index contributed by atoms with van der Waals surface area (Å²) in [5.41, 5.74) is 4.06. The summed E-state index contributed by atoms with van der Waals surface area (Å²) in [6.45, 7) is 8.38. The van der Waals surface area contributed by atoms with E-state index in [4.69, 9.17) is 11.6 Å². The first-order chi connectivity index (χ1) is 10.7. The van der Waals surface area contributed by atoms with Crippen molar-refractivity contribution in [1.82, 2.24) is 9.88 Å². The summed E-state index contributed by atoms with van der Waals surface area (Å²) in [5.74, 6) is 0. The van der Waals surface area contributed by atoms with Crippen molar-refractivity contribution in [2.75, 3.05) is 0 Å². The van der Waals surface area contributed by atoms with E-state index in [1.54, 1.807) is 0 Å². The van der Waals surface area contributed by atoms with Crippen molar-refractivity contribution in [2.24, 2.45) is 0 Å². The molecular weight excluding hydrogens is 292 g/mol. The summed E-state index contributed by atoms with van der Waals surface area (Å²) in [7, 11) is 0. The zero-order valence-corrected chi connectivity index (χ0v) is 13.8. The van der Waals surface area contributed by atoms with E-state index in [1.165, 1.54) is 0 Å². The molecule has 0 spiro atoms. The normalized spacial score (nSPS) is 14.5. The molecule has 0 N–H and O–H groups in total. The second-order valence-corrected chi connectivity index (χ2v) is 5.45. The molecule has 3 heteroatoms. The number of hydrogen-bond acceptors (Lipinski definition) is 2. The SMILES string of the molecule is C=C(c1cccnc1CC)N(/C=C\C)C1=CC=C(Cl)CC=C1. The monoisotopic (exact) mass is 312 g/mol. The van der Waals surface area contributed by atoms with Gasteiger partial charge < -0.3 is 4.90 Å². The average Bonchev–Trinajstić information content (AvgIpc) is 2.76. The van der Waals surface area contributed by atoms with Crippen molar-refractivity contribution in [3.63, 3.8) is 0 Å². The Hall–Kier alpha value is -2.06. The molecule has 1 aromatic rings. The van der Waals surface area contributed by atoms with Gasteiger partial charge in [0.05, 0.1) is 0 Å².